The van der Waals surface area contributed by atoms with Crippen molar-refractivity contribution in [2.75, 3.05) is 6.54 Å². The zero-order valence-electron chi connectivity index (χ0n) is 14.8. The van der Waals surface area contributed by atoms with Gasteiger partial charge < -0.3 is 10.4 Å². The van der Waals surface area contributed by atoms with Gasteiger partial charge in [-0.05, 0) is 49.8 Å². The summed E-state index contributed by atoms with van der Waals surface area (Å²) in [6, 6.07) is 2.16. The number of unbranched alkanes of at least 4 members (excludes halogenated alkanes) is 1. The molecule has 0 aliphatic carbocycles. The summed E-state index contributed by atoms with van der Waals surface area (Å²) < 4.78 is 1.05. The summed E-state index contributed by atoms with van der Waals surface area (Å²) in [6.45, 7) is 12.2. The summed E-state index contributed by atoms with van der Waals surface area (Å²) in [5.74, 6) is 1.16. The highest BCUT2D eigenvalue weighted by Crippen LogP contribution is 2.26. The average molecular weight is 356 g/mol. The maximum Gasteiger partial charge on any atom is 0.0643 e. The Kier molecular flexibility index (Phi) is 10.2. The van der Waals surface area contributed by atoms with E-state index in [4.69, 9.17) is 0 Å². The number of thiophene rings is 1. The molecule has 0 fully saturated rings. The molecule has 0 aliphatic rings. The summed E-state index contributed by atoms with van der Waals surface area (Å²) in [7, 11) is 0. The third-order valence-corrected chi connectivity index (χ3v) is 6.01. The smallest absolute Gasteiger partial charge is 0.0643 e. The van der Waals surface area contributed by atoms with E-state index in [0.717, 1.165) is 35.7 Å². The number of thiol groups is 1. The van der Waals surface area contributed by atoms with Crippen LogP contribution in [0.3, 0.4) is 0 Å². The second-order valence-electron chi connectivity index (χ2n) is 6.60. The van der Waals surface area contributed by atoms with Crippen LogP contribution in [0.1, 0.15) is 63.3 Å². The molecule has 0 radical (unpaired) electrons. The Balaban J connectivity index is 2.11. The van der Waals surface area contributed by atoms with Crippen molar-refractivity contribution in [3.05, 3.63) is 23.1 Å². The SMILES string of the molecule is C=Cc1cc(CNCCCCC(C)CC(CC)C(C)O)sc1S. The Morgan fingerprint density at radius 2 is 2.13 bits per heavy atom. The monoisotopic (exact) mass is 355 g/mol. The Hall–Kier alpha value is -0.290. The van der Waals surface area contributed by atoms with Gasteiger partial charge in [0, 0.05) is 11.4 Å². The summed E-state index contributed by atoms with van der Waals surface area (Å²) >= 11 is 6.18. The van der Waals surface area contributed by atoms with Crippen LogP contribution in [-0.2, 0) is 6.54 Å². The summed E-state index contributed by atoms with van der Waals surface area (Å²) in [5.41, 5.74) is 1.13. The molecule has 0 saturated carbocycles. The van der Waals surface area contributed by atoms with Gasteiger partial charge in [-0.25, -0.2) is 0 Å². The van der Waals surface area contributed by atoms with Crippen LogP contribution in [0.25, 0.3) is 6.08 Å². The highest BCUT2D eigenvalue weighted by Gasteiger charge is 2.15. The van der Waals surface area contributed by atoms with Crippen LogP contribution in [0.5, 0.6) is 0 Å². The molecule has 3 unspecified atom stereocenters. The number of aliphatic hydroxyl groups is 1. The van der Waals surface area contributed by atoms with Crippen LogP contribution < -0.4 is 5.32 Å². The minimum atomic E-state index is -0.174. The molecule has 2 N–H and O–H groups in total. The third kappa shape index (κ3) is 7.88. The molecule has 0 bridgehead atoms. The first-order valence-corrected chi connectivity index (χ1v) is 10.1. The standard InChI is InChI=1S/C19H33NOS2/c1-5-16(15(4)21)11-14(3)9-7-8-10-20-13-18-12-17(6-2)19(22)23-18/h6,12,14-16,20-22H,2,5,7-11,13H2,1,3-4H3. The number of aliphatic hydroxyl groups excluding tert-OH is 1. The van der Waals surface area contributed by atoms with Gasteiger partial charge in [-0.3, -0.25) is 0 Å². The van der Waals surface area contributed by atoms with Crippen molar-refractivity contribution in [1.82, 2.24) is 5.32 Å². The predicted molar refractivity (Wildman–Crippen MR) is 106 cm³/mol. The molecule has 0 spiro atoms. The van der Waals surface area contributed by atoms with E-state index in [1.54, 1.807) is 11.3 Å². The molecular weight excluding hydrogens is 322 g/mol. The van der Waals surface area contributed by atoms with Crippen molar-refractivity contribution < 1.29 is 5.11 Å². The fourth-order valence-electron chi connectivity index (χ4n) is 2.97. The molecule has 1 rings (SSSR count). The van der Waals surface area contributed by atoms with Crippen molar-refractivity contribution >= 4 is 30.0 Å². The van der Waals surface area contributed by atoms with Crippen LogP contribution in [-0.4, -0.2) is 17.8 Å². The van der Waals surface area contributed by atoms with Crippen molar-refractivity contribution in [3.63, 3.8) is 0 Å². The van der Waals surface area contributed by atoms with Gasteiger partial charge in [0.2, 0.25) is 0 Å². The van der Waals surface area contributed by atoms with E-state index < -0.39 is 0 Å². The van der Waals surface area contributed by atoms with Crippen LogP contribution in [0.15, 0.2) is 16.9 Å². The Morgan fingerprint density at radius 1 is 1.39 bits per heavy atom. The summed E-state index contributed by atoms with van der Waals surface area (Å²) in [5, 5.41) is 13.2. The second-order valence-corrected chi connectivity index (χ2v) is 8.49. The largest absolute Gasteiger partial charge is 0.393 e. The normalized spacial score (nSPS) is 15.3. The molecule has 132 valence electrons. The van der Waals surface area contributed by atoms with Gasteiger partial charge in [-0.2, -0.15) is 0 Å². The molecule has 2 nitrogen and oxygen atoms in total. The van der Waals surface area contributed by atoms with E-state index in [-0.39, 0.29) is 6.10 Å². The Labute approximate surface area is 151 Å². The number of hydrogen-bond donors (Lipinski definition) is 3. The lowest BCUT2D eigenvalue weighted by molar-refractivity contribution is 0.106. The van der Waals surface area contributed by atoms with Crippen LogP contribution in [0, 0.1) is 11.8 Å². The van der Waals surface area contributed by atoms with E-state index in [0.29, 0.717) is 11.8 Å². The van der Waals surface area contributed by atoms with Crippen molar-refractivity contribution in [2.45, 2.75) is 69.7 Å². The van der Waals surface area contributed by atoms with E-state index in [9.17, 15) is 5.11 Å². The first kappa shape index (κ1) is 20.8. The van der Waals surface area contributed by atoms with Gasteiger partial charge in [0.1, 0.15) is 0 Å². The van der Waals surface area contributed by atoms with Crippen LogP contribution >= 0.6 is 24.0 Å². The maximum absolute atomic E-state index is 9.73. The Bertz CT molecular complexity index is 456. The molecule has 0 amide bonds. The minimum Gasteiger partial charge on any atom is -0.393 e. The fraction of sp³-hybridized carbons (Fsp3) is 0.684. The average Bonchev–Trinajstić information content (AvgIpc) is 2.88. The molecular formula is C19H33NOS2. The molecule has 0 saturated heterocycles. The lowest BCUT2D eigenvalue weighted by Gasteiger charge is -2.22. The molecule has 23 heavy (non-hydrogen) atoms. The topological polar surface area (TPSA) is 32.3 Å². The van der Waals surface area contributed by atoms with Gasteiger partial charge in [-0.1, -0.05) is 45.8 Å². The number of nitrogens with one attached hydrogen (secondary N) is 1. The highest BCUT2D eigenvalue weighted by molar-refractivity contribution is 7.83. The highest BCUT2D eigenvalue weighted by atomic mass is 32.2. The molecule has 0 aliphatic heterocycles. The minimum absolute atomic E-state index is 0.174. The van der Waals surface area contributed by atoms with Gasteiger partial charge in [-0.15, -0.1) is 24.0 Å². The first-order chi connectivity index (χ1) is 11.0. The zero-order chi connectivity index (χ0) is 17.2. The molecule has 3 atom stereocenters. The van der Waals surface area contributed by atoms with Gasteiger partial charge in [0.15, 0.2) is 0 Å². The molecule has 1 heterocycles. The summed E-state index contributed by atoms with van der Waals surface area (Å²) in [6.07, 6.45) is 7.63. The lowest BCUT2D eigenvalue weighted by Crippen LogP contribution is -2.19. The van der Waals surface area contributed by atoms with Crippen molar-refractivity contribution in [1.29, 1.82) is 0 Å². The number of rotatable bonds is 12. The lowest BCUT2D eigenvalue weighted by atomic mass is 9.87. The van der Waals surface area contributed by atoms with Gasteiger partial charge in [0.05, 0.1) is 10.3 Å². The van der Waals surface area contributed by atoms with E-state index in [1.807, 2.05) is 13.0 Å². The molecule has 4 heteroatoms. The Morgan fingerprint density at radius 3 is 2.70 bits per heavy atom. The van der Waals surface area contributed by atoms with Gasteiger partial charge in [0.25, 0.3) is 0 Å². The maximum atomic E-state index is 9.73. The van der Waals surface area contributed by atoms with Gasteiger partial charge >= 0.3 is 0 Å². The first-order valence-electron chi connectivity index (χ1n) is 8.80. The quantitative estimate of drug-likeness (QED) is 0.348. The summed E-state index contributed by atoms with van der Waals surface area (Å²) in [4.78, 5) is 1.32. The molecule has 1 aromatic heterocycles. The fourth-order valence-corrected chi connectivity index (χ4v) is 4.35. The number of hydrogen-bond acceptors (Lipinski definition) is 4. The van der Waals surface area contributed by atoms with E-state index in [2.05, 4.69) is 44.4 Å². The van der Waals surface area contributed by atoms with Crippen molar-refractivity contribution in [3.8, 4) is 0 Å². The van der Waals surface area contributed by atoms with Crippen LogP contribution in [0.2, 0.25) is 0 Å². The second kappa shape index (κ2) is 11.3. The predicted octanol–water partition coefficient (Wildman–Crippen LogP) is 5.37. The zero-order valence-corrected chi connectivity index (χ0v) is 16.6. The third-order valence-electron chi connectivity index (χ3n) is 4.52. The molecule has 1 aromatic rings. The molecule has 0 aromatic carbocycles. The van der Waals surface area contributed by atoms with Crippen molar-refractivity contribution in [2.24, 2.45) is 11.8 Å². The van der Waals surface area contributed by atoms with E-state index >= 15 is 0 Å². The van der Waals surface area contributed by atoms with E-state index in [1.165, 1.54) is 24.1 Å². The van der Waals surface area contributed by atoms with Crippen LogP contribution in [0.4, 0.5) is 0 Å².